The van der Waals surface area contributed by atoms with Gasteiger partial charge in [-0.2, -0.15) is 4.80 Å². The van der Waals surface area contributed by atoms with Crippen molar-refractivity contribution in [3.63, 3.8) is 0 Å². The normalized spacial score (nSPS) is 10.5. The number of amides is 1. The molecule has 0 aliphatic rings. The average molecular weight is 274 g/mol. The van der Waals surface area contributed by atoms with Gasteiger partial charge in [-0.3, -0.25) is 4.79 Å². The number of hydrogen-bond acceptors (Lipinski definition) is 5. The van der Waals surface area contributed by atoms with Gasteiger partial charge in [-0.15, -0.1) is 10.2 Å². The molecule has 0 radical (unpaired) electrons. The first-order valence-electron chi connectivity index (χ1n) is 6.43. The Bertz CT molecular complexity index is 562. The SMILES string of the molecule is Cc1ccc(C(=O)NCCNCc2nnn(C)n2)cc1. The molecule has 0 aliphatic carbocycles. The fourth-order valence-electron chi connectivity index (χ4n) is 1.67. The molecule has 20 heavy (non-hydrogen) atoms. The Labute approximate surface area is 117 Å². The third-order valence-corrected chi connectivity index (χ3v) is 2.73. The van der Waals surface area contributed by atoms with Gasteiger partial charge in [0.05, 0.1) is 13.6 Å². The molecule has 2 N–H and O–H groups in total. The van der Waals surface area contributed by atoms with Crippen molar-refractivity contribution in [2.75, 3.05) is 13.1 Å². The van der Waals surface area contributed by atoms with Gasteiger partial charge < -0.3 is 10.6 Å². The maximum absolute atomic E-state index is 11.8. The molecule has 0 spiro atoms. The van der Waals surface area contributed by atoms with Crippen LogP contribution in [0, 0.1) is 6.92 Å². The summed E-state index contributed by atoms with van der Waals surface area (Å²) in [6.07, 6.45) is 0. The van der Waals surface area contributed by atoms with Crippen LogP contribution in [0.25, 0.3) is 0 Å². The second-order valence-electron chi connectivity index (χ2n) is 4.49. The van der Waals surface area contributed by atoms with E-state index < -0.39 is 0 Å². The standard InChI is InChI=1S/C13H18N6O/c1-10-3-5-11(6-4-10)13(20)15-8-7-14-9-12-16-18-19(2)17-12/h3-6,14H,7-9H2,1-2H3,(H,15,20). The van der Waals surface area contributed by atoms with Crippen molar-refractivity contribution in [1.82, 2.24) is 30.8 Å². The molecule has 7 heteroatoms. The van der Waals surface area contributed by atoms with E-state index >= 15 is 0 Å². The quantitative estimate of drug-likeness (QED) is 0.726. The van der Waals surface area contributed by atoms with Crippen LogP contribution in [-0.2, 0) is 13.6 Å². The van der Waals surface area contributed by atoms with Crippen LogP contribution < -0.4 is 10.6 Å². The number of aryl methyl sites for hydroxylation is 2. The van der Waals surface area contributed by atoms with Crippen LogP contribution in [0.2, 0.25) is 0 Å². The van der Waals surface area contributed by atoms with E-state index in [2.05, 4.69) is 26.0 Å². The number of tetrazole rings is 1. The van der Waals surface area contributed by atoms with E-state index in [1.807, 2.05) is 31.2 Å². The van der Waals surface area contributed by atoms with Gasteiger partial charge in [0, 0.05) is 18.7 Å². The Hall–Kier alpha value is -2.28. The minimum absolute atomic E-state index is 0.0653. The zero-order valence-corrected chi connectivity index (χ0v) is 11.6. The average Bonchev–Trinajstić information content (AvgIpc) is 2.84. The molecule has 1 amide bonds. The van der Waals surface area contributed by atoms with E-state index in [1.54, 1.807) is 7.05 Å². The van der Waals surface area contributed by atoms with E-state index in [0.717, 1.165) is 5.56 Å². The van der Waals surface area contributed by atoms with Crippen molar-refractivity contribution in [2.24, 2.45) is 7.05 Å². The van der Waals surface area contributed by atoms with E-state index in [1.165, 1.54) is 4.80 Å². The molecule has 0 fully saturated rings. The highest BCUT2D eigenvalue weighted by atomic mass is 16.1. The topological polar surface area (TPSA) is 84.7 Å². The second kappa shape index (κ2) is 6.76. The molecule has 1 heterocycles. The van der Waals surface area contributed by atoms with E-state index in [-0.39, 0.29) is 5.91 Å². The number of hydrogen-bond donors (Lipinski definition) is 2. The summed E-state index contributed by atoms with van der Waals surface area (Å²) >= 11 is 0. The van der Waals surface area contributed by atoms with E-state index in [0.29, 0.717) is 31.0 Å². The lowest BCUT2D eigenvalue weighted by Gasteiger charge is -2.06. The van der Waals surface area contributed by atoms with Gasteiger partial charge in [-0.25, -0.2) is 0 Å². The maximum Gasteiger partial charge on any atom is 0.251 e. The largest absolute Gasteiger partial charge is 0.351 e. The zero-order valence-electron chi connectivity index (χ0n) is 11.6. The zero-order chi connectivity index (χ0) is 14.4. The van der Waals surface area contributed by atoms with Gasteiger partial charge in [-0.1, -0.05) is 17.7 Å². The molecule has 0 saturated carbocycles. The molecule has 0 saturated heterocycles. The predicted molar refractivity (Wildman–Crippen MR) is 74.0 cm³/mol. The minimum Gasteiger partial charge on any atom is -0.351 e. The van der Waals surface area contributed by atoms with Crippen molar-refractivity contribution in [3.05, 3.63) is 41.2 Å². The number of nitrogens with zero attached hydrogens (tertiary/aromatic N) is 4. The van der Waals surface area contributed by atoms with Crippen LogP contribution in [0.15, 0.2) is 24.3 Å². The first-order valence-corrected chi connectivity index (χ1v) is 6.43. The van der Waals surface area contributed by atoms with Crippen LogP contribution in [-0.4, -0.2) is 39.2 Å². The monoisotopic (exact) mass is 274 g/mol. The minimum atomic E-state index is -0.0653. The predicted octanol–water partition coefficient (Wildman–Crippen LogP) is 0.0381. The molecule has 2 aromatic rings. The highest BCUT2D eigenvalue weighted by Crippen LogP contribution is 2.02. The molecule has 1 aromatic heterocycles. The summed E-state index contributed by atoms with van der Waals surface area (Å²) in [5.41, 5.74) is 1.81. The summed E-state index contributed by atoms with van der Waals surface area (Å²) in [6, 6.07) is 7.49. The number of carbonyl (C=O) groups excluding carboxylic acids is 1. The smallest absolute Gasteiger partial charge is 0.251 e. The third-order valence-electron chi connectivity index (χ3n) is 2.73. The van der Waals surface area contributed by atoms with Crippen LogP contribution in [0.3, 0.4) is 0 Å². The molecule has 0 atom stereocenters. The number of nitrogens with one attached hydrogen (secondary N) is 2. The molecule has 0 unspecified atom stereocenters. The van der Waals surface area contributed by atoms with Crippen molar-refractivity contribution in [1.29, 1.82) is 0 Å². The Balaban J connectivity index is 1.65. The fourth-order valence-corrected chi connectivity index (χ4v) is 1.67. The Morgan fingerprint density at radius 2 is 2.00 bits per heavy atom. The molecular formula is C13H18N6O. The van der Waals surface area contributed by atoms with E-state index in [9.17, 15) is 4.79 Å². The molecule has 0 aliphatic heterocycles. The third kappa shape index (κ3) is 4.13. The highest BCUT2D eigenvalue weighted by molar-refractivity contribution is 5.94. The molecular weight excluding hydrogens is 256 g/mol. The van der Waals surface area contributed by atoms with E-state index in [4.69, 9.17) is 0 Å². The highest BCUT2D eigenvalue weighted by Gasteiger charge is 2.04. The Morgan fingerprint density at radius 3 is 2.65 bits per heavy atom. The number of rotatable bonds is 6. The van der Waals surface area contributed by atoms with Gasteiger partial charge in [-0.05, 0) is 24.3 Å². The van der Waals surface area contributed by atoms with Crippen LogP contribution in [0.5, 0.6) is 0 Å². The summed E-state index contributed by atoms with van der Waals surface area (Å²) in [7, 11) is 1.72. The summed E-state index contributed by atoms with van der Waals surface area (Å²) in [5.74, 6) is 0.571. The van der Waals surface area contributed by atoms with Crippen molar-refractivity contribution < 1.29 is 4.79 Å². The lowest BCUT2D eigenvalue weighted by molar-refractivity contribution is 0.0954. The molecule has 1 aromatic carbocycles. The van der Waals surface area contributed by atoms with Gasteiger partial charge in [0.25, 0.3) is 5.91 Å². The lowest BCUT2D eigenvalue weighted by atomic mass is 10.1. The number of carbonyl (C=O) groups is 1. The number of aromatic nitrogens is 4. The van der Waals surface area contributed by atoms with Crippen LogP contribution in [0.1, 0.15) is 21.7 Å². The maximum atomic E-state index is 11.8. The lowest BCUT2D eigenvalue weighted by Crippen LogP contribution is -2.31. The van der Waals surface area contributed by atoms with Crippen molar-refractivity contribution in [2.45, 2.75) is 13.5 Å². The first-order chi connectivity index (χ1) is 9.65. The van der Waals surface area contributed by atoms with Gasteiger partial charge >= 0.3 is 0 Å². The van der Waals surface area contributed by atoms with Gasteiger partial charge in [0.15, 0.2) is 5.82 Å². The molecule has 0 bridgehead atoms. The van der Waals surface area contributed by atoms with Crippen molar-refractivity contribution in [3.8, 4) is 0 Å². The van der Waals surface area contributed by atoms with Crippen molar-refractivity contribution >= 4 is 5.91 Å². The first kappa shape index (κ1) is 14.1. The molecule has 2 rings (SSSR count). The fraction of sp³-hybridized carbons (Fsp3) is 0.385. The number of benzene rings is 1. The van der Waals surface area contributed by atoms with Crippen LogP contribution in [0.4, 0.5) is 0 Å². The molecule has 7 nitrogen and oxygen atoms in total. The summed E-state index contributed by atoms with van der Waals surface area (Å²) < 4.78 is 0. The van der Waals surface area contributed by atoms with Gasteiger partial charge in [0.2, 0.25) is 0 Å². The van der Waals surface area contributed by atoms with Crippen LogP contribution >= 0.6 is 0 Å². The summed E-state index contributed by atoms with van der Waals surface area (Å²) in [5, 5.41) is 17.6. The Kier molecular flexibility index (Phi) is 4.78. The second-order valence-corrected chi connectivity index (χ2v) is 4.49. The molecule has 106 valence electrons. The van der Waals surface area contributed by atoms with Gasteiger partial charge in [0.1, 0.15) is 0 Å². The Morgan fingerprint density at radius 1 is 1.25 bits per heavy atom. The summed E-state index contributed by atoms with van der Waals surface area (Å²) in [6.45, 7) is 3.73. The summed E-state index contributed by atoms with van der Waals surface area (Å²) in [4.78, 5) is 13.2.